The quantitative estimate of drug-likeness (QED) is 0.454. The average Bonchev–Trinajstić information content (AvgIpc) is 2.14. The Morgan fingerprint density at radius 1 is 1.86 bits per heavy atom. The van der Waals surface area contributed by atoms with Crippen LogP contribution >= 0.6 is 0 Å². The van der Waals surface area contributed by atoms with E-state index in [0.717, 1.165) is 6.54 Å². The molecule has 4 heteroatoms. The summed E-state index contributed by atoms with van der Waals surface area (Å²) in [4.78, 5) is 0. The van der Waals surface area contributed by atoms with Gasteiger partial charge in [0.1, 0.15) is 6.54 Å². The highest BCUT2D eigenvalue weighted by Crippen LogP contribution is 1.84. The molecule has 0 N–H and O–H groups in total. The van der Waals surface area contributed by atoms with E-state index in [0.29, 0.717) is 0 Å². The van der Waals surface area contributed by atoms with Crippen molar-refractivity contribution in [2.45, 2.75) is 6.92 Å². The molecule has 1 rings (SSSR count). The molecule has 1 heterocycles. The van der Waals surface area contributed by atoms with Crippen molar-refractivity contribution in [1.29, 1.82) is 0 Å². The van der Waals surface area contributed by atoms with E-state index in [1.807, 2.05) is 6.92 Å². The summed E-state index contributed by atoms with van der Waals surface area (Å²) in [6.45, 7) is 2.75. The van der Waals surface area contributed by atoms with Gasteiger partial charge in [-0.15, -0.1) is 0 Å². The van der Waals surface area contributed by atoms with Crippen LogP contribution in [0, 0.1) is 0 Å². The van der Waals surface area contributed by atoms with Crippen molar-refractivity contribution < 1.29 is 0 Å². The van der Waals surface area contributed by atoms with E-state index in [4.69, 9.17) is 0 Å². The second-order valence-corrected chi connectivity index (χ2v) is 1.12. The third-order valence-corrected chi connectivity index (χ3v) is 0.674. The topological polar surface area (TPSA) is 42.1 Å². The minimum Gasteiger partial charge on any atom is -0.0395 e. The van der Waals surface area contributed by atoms with Crippen molar-refractivity contribution in [1.82, 2.24) is 10.3 Å². The van der Waals surface area contributed by atoms with Crippen LogP contribution in [-0.4, -0.2) is 18.0 Å². The molecule has 0 amide bonds. The highest BCUT2D eigenvalue weighted by Gasteiger charge is 2.09. The lowest BCUT2D eigenvalue weighted by molar-refractivity contribution is 0.270. The summed E-state index contributed by atoms with van der Waals surface area (Å²) in [7, 11) is 0. The van der Waals surface area contributed by atoms with E-state index in [9.17, 15) is 0 Å². The van der Waals surface area contributed by atoms with Gasteiger partial charge in [0.05, 0.1) is 5.10 Å². The van der Waals surface area contributed by atoms with Gasteiger partial charge in [-0.1, -0.05) is 0 Å². The number of rotatable bonds is 1. The second kappa shape index (κ2) is 1.68. The maximum absolute atomic E-state index is 3.73. The molecule has 37 valence electrons. The Labute approximate surface area is 41.5 Å². The zero-order valence-electron chi connectivity index (χ0n) is 4.07. The molecule has 1 aliphatic rings. The molecule has 0 fully saturated rings. The molecular formula is C3H6N4+. The summed E-state index contributed by atoms with van der Waals surface area (Å²) in [6.07, 6.45) is 1.42. The largest absolute Gasteiger partial charge is 0.301 e. The summed E-state index contributed by atoms with van der Waals surface area (Å²) in [5.41, 5.74) is 0. The maximum atomic E-state index is 3.73. The Bertz CT molecular complexity index is 93.5. The van der Waals surface area contributed by atoms with Crippen molar-refractivity contribution in [3.8, 4) is 0 Å². The van der Waals surface area contributed by atoms with Gasteiger partial charge >= 0.3 is 6.34 Å². The first-order chi connectivity index (χ1) is 3.43. The Kier molecular flexibility index (Phi) is 1.02. The molecule has 0 aromatic heterocycles. The van der Waals surface area contributed by atoms with E-state index in [2.05, 4.69) is 15.4 Å². The fraction of sp³-hybridized carbons (Fsp3) is 0.667. The molecule has 0 aliphatic carbocycles. The van der Waals surface area contributed by atoms with Crippen molar-refractivity contribution in [3.63, 3.8) is 0 Å². The van der Waals surface area contributed by atoms with Crippen LogP contribution < -0.4 is 5.22 Å². The molecule has 0 aromatic rings. The van der Waals surface area contributed by atoms with Gasteiger partial charge in [0, 0.05) is 10.2 Å². The third kappa shape index (κ3) is 0.734. The van der Waals surface area contributed by atoms with Crippen molar-refractivity contribution in [2.75, 3.05) is 6.54 Å². The molecule has 0 spiro atoms. The SMILES string of the molecule is CCN1N=CN=[N+]1. The van der Waals surface area contributed by atoms with Crippen LogP contribution in [0.4, 0.5) is 0 Å². The number of hydrogen-bond donors (Lipinski definition) is 0. The van der Waals surface area contributed by atoms with Crippen LogP contribution in [0.5, 0.6) is 0 Å². The van der Waals surface area contributed by atoms with E-state index < -0.39 is 0 Å². The first kappa shape index (κ1) is 4.23. The normalized spacial score (nSPS) is 16.4. The Morgan fingerprint density at radius 3 is 3.00 bits per heavy atom. The number of nitrogens with zero attached hydrogens (tertiary/aromatic N) is 4. The second-order valence-electron chi connectivity index (χ2n) is 1.12. The summed E-state index contributed by atoms with van der Waals surface area (Å²) in [5.74, 6) is 0. The Hall–Kier alpha value is -0.930. The summed E-state index contributed by atoms with van der Waals surface area (Å²) in [6, 6.07) is 0. The maximum Gasteiger partial charge on any atom is 0.301 e. The smallest absolute Gasteiger partial charge is 0.0395 e. The van der Waals surface area contributed by atoms with Gasteiger partial charge in [-0.05, 0) is 6.92 Å². The lowest BCUT2D eigenvalue weighted by atomic mass is 10.8. The van der Waals surface area contributed by atoms with Crippen LogP contribution in [0.2, 0.25) is 0 Å². The fourth-order valence-electron chi connectivity index (χ4n) is 0.333. The molecule has 0 saturated carbocycles. The molecule has 4 nitrogen and oxygen atoms in total. The zero-order valence-corrected chi connectivity index (χ0v) is 4.07. The lowest BCUT2D eigenvalue weighted by Gasteiger charge is -1.83. The van der Waals surface area contributed by atoms with E-state index >= 15 is 0 Å². The lowest BCUT2D eigenvalue weighted by Crippen LogP contribution is -2.13. The van der Waals surface area contributed by atoms with Crippen LogP contribution in [0.1, 0.15) is 6.92 Å². The van der Waals surface area contributed by atoms with Gasteiger partial charge in [-0.25, -0.2) is 0 Å². The van der Waals surface area contributed by atoms with Crippen LogP contribution in [0.3, 0.4) is 0 Å². The zero-order chi connectivity index (χ0) is 5.11. The molecule has 0 bridgehead atoms. The summed E-state index contributed by atoms with van der Waals surface area (Å²) >= 11 is 0. The highest BCUT2D eigenvalue weighted by atomic mass is 15.7. The van der Waals surface area contributed by atoms with Crippen molar-refractivity contribution in [2.24, 2.45) is 10.2 Å². The van der Waals surface area contributed by atoms with Crippen LogP contribution in [0.25, 0.3) is 0 Å². The highest BCUT2D eigenvalue weighted by molar-refractivity contribution is 5.54. The Balaban J connectivity index is 2.44. The molecule has 0 saturated heterocycles. The van der Waals surface area contributed by atoms with Gasteiger partial charge in [-0.3, -0.25) is 0 Å². The Morgan fingerprint density at radius 2 is 2.71 bits per heavy atom. The van der Waals surface area contributed by atoms with Gasteiger partial charge in [0.2, 0.25) is 0 Å². The molecule has 0 unspecified atom stereocenters. The first-order valence-electron chi connectivity index (χ1n) is 2.14. The minimum absolute atomic E-state index is 0.792. The predicted octanol–water partition coefficient (Wildman–Crippen LogP) is -0.0318. The fourth-order valence-corrected chi connectivity index (χ4v) is 0.333. The van der Waals surface area contributed by atoms with Crippen molar-refractivity contribution >= 4 is 6.34 Å². The van der Waals surface area contributed by atoms with E-state index in [1.165, 1.54) is 11.5 Å². The first-order valence-corrected chi connectivity index (χ1v) is 2.14. The molecule has 1 aliphatic heterocycles. The predicted molar refractivity (Wildman–Crippen MR) is 25.4 cm³/mol. The molecule has 1 radical (unpaired) electrons. The van der Waals surface area contributed by atoms with Gasteiger partial charge < -0.3 is 0 Å². The molecule has 0 aromatic carbocycles. The number of hydrogen-bond acceptors (Lipinski definition) is 4. The average molecular weight is 98.1 g/mol. The van der Waals surface area contributed by atoms with Gasteiger partial charge in [0.15, 0.2) is 5.22 Å². The molecule has 7 heavy (non-hydrogen) atoms. The molecule has 0 atom stereocenters. The minimum atomic E-state index is 0.792. The van der Waals surface area contributed by atoms with Gasteiger partial charge in [0.25, 0.3) is 0 Å². The van der Waals surface area contributed by atoms with E-state index in [-0.39, 0.29) is 0 Å². The van der Waals surface area contributed by atoms with Crippen LogP contribution in [-0.2, 0) is 0 Å². The van der Waals surface area contributed by atoms with E-state index in [1.54, 1.807) is 0 Å². The summed E-state index contributed by atoms with van der Waals surface area (Å²) < 4.78 is 0. The van der Waals surface area contributed by atoms with Crippen LogP contribution in [0.15, 0.2) is 10.2 Å². The monoisotopic (exact) mass is 98.1 g/mol. The van der Waals surface area contributed by atoms with Gasteiger partial charge in [-0.2, -0.15) is 0 Å². The summed E-state index contributed by atoms with van der Waals surface area (Å²) in [5, 5.41) is 12.3. The molecular weight excluding hydrogens is 92.1 g/mol. The van der Waals surface area contributed by atoms with Crippen molar-refractivity contribution in [3.05, 3.63) is 0 Å². The number of hydrazone groups is 1. The standard InChI is InChI=1S/C3H6N4/c1-2-7-5-3-4-6-7/h3H,2H2,1H3/q+1. The third-order valence-electron chi connectivity index (χ3n) is 0.674.